The lowest BCUT2D eigenvalue weighted by Crippen LogP contribution is -1.93. The topological polar surface area (TPSA) is 17.1 Å². The van der Waals surface area contributed by atoms with E-state index in [2.05, 4.69) is 15.9 Å². The lowest BCUT2D eigenvalue weighted by molar-refractivity contribution is 0.600. The molecule has 1 aromatic carbocycles. The monoisotopic (exact) mass is 238 g/mol. The van der Waals surface area contributed by atoms with Crippen LogP contribution in [-0.4, -0.2) is 0 Å². The van der Waals surface area contributed by atoms with Crippen molar-refractivity contribution in [2.45, 2.75) is 0 Å². The molecule has 0 N–H and O–H groups in total. The predicted octanol–water partition coefficient (Wildman–Crippen LogP) is 2.79. The van der Waals surface area contributed by atoms with Crippen molar-refractivity contribution in [3.63, 3.8) is 0 Å². The predicted molar refractivity (Wildman–Crippen MR) is 48.6 cm³/mol. The van der Waals surface area contributed by atoms with Crippen molar-refractivity contribution >= 4 is 39.6 Å². The summed E-state index contributed by atoms with van der Waals surface area (Å²) in [6.45, 7) is 0. The molecule has 0 saturated carbocycles. The molecule has 54 valence electrons. The fourth-order valence-electron chi connectivity index (χ4n) is 0.621. The van der Waals surface area contributed by atoms with Crippen LogP contribution in [0.1, 0.15) is 0 Å². The number of benzene rings is 1. The molecule has 0 aliphatic heterocycles. The first-order valence-electron chi connectivity index (χ1n) is 2.66. The van der Waals surface area contributed by atoms with Crippen molar-refractivity contribution in [1.82, 2.24) is 0 Å². The molecule has 1 nitrogen and oxygen atoms in total. The van der Waals surface area contributed by atoms with Gasteiger partial charge in [0.2, 0.25) is 0 Å². The third-order valence-electron chi connectivity index (χ3n) is 1.09. The molecule has 10 heavy (non-hydrogen) atoms. The highest BCUT2D eigenvalue weighted by molar-refractivity contribution is 9.10. The number of rotatable bonds is 1. The molecule has 0 aromatic heterocycles. The third-order valence-corrected chi connectivity index (χ3v) is 3.61. The average Bonchev–Trinajstić information content (AvgIpc) is 1.88. The first-order chi connectivity index (χ1) is 4.72. The van der Waals surface area contributed by atoms with E-state index in [0.717, 1.165) is 4.47 Å². The molecule has 1 rings (SSSR count). The first-order valence-corrected chi connectivity index (χ1v) is 5.87. The molecule has 0 radical (unpaired) electrons. The zero-order valence-corrected chi connectivity index (χ0v) is 8.32. The Bertz CT molecular complexity index is 264. The normalized spacial score (nSPS) is 13.0. The molecule has 0 saturated heterocycles. The van der Waals surface area contributed by atoms with Gasteiger partial charge in [-0.05, 0) is 28.1 Å². The summed E-state index contributed by atoms with van der Waals surface area (Å²) in [5.74, 6) is 0. The van der Waals surface area contributed by atoms with Crippen LogP contribution in [0.15, 0.2) is 28.7 Å². The molecule has 0 aliphatic carbocycles. The molecule has 4 heteroatoms. The highest BCUT2D eigenvalue weighted by Crippen LogP contribution is 2.28. The molecule has 1 atom stereocenters. The van der Waals surface area contributed by atoms with E-state index in [0.29, 0.717) is 5.30 Å². The fraction of sp³-hybridized carbons (Fsp3) is 0. The molecular formula is C6H5BrClOP. The number of hydrogen-bond acceptors (Lipinski definition) is 1. The summed E-state index contributed by atoms with van der Waals surface area (Å²) in [4.78, 5) is 0. The van der Waals surface area contributed by atoms with Crippen molar-refractivity contribution in [1.29, 1.82) is 0 Å². The standard InChI is InChI=1S/C6H5BrClOP/c7-5-3-1-2-4-6(5)10(8)9/h1-4,10H. The van der Waals surface area contributed by atoms with Crippen molar-refractivity contribution in [3.8, 4) is 0 Å². The van der Waals surface area contributed by atoms with Crippen LogP contribution < -0.4 is 5.30 Å². The van der Waals surface area contributed by atoms with Gasteiger partial charge in [0.1, 0.15) is 0 Å². The Balaban J connectivity index is 3.15. The summed E-state index contributed by atoms with van der Waals surface area (Å²) in [6.07, 6.45) is 0. The maximum Gasteiger partial charge on any atom is 0.187 e. The maximum absolute atomic E-state index is 10.8. The molecule has 1 unspecified atom stereocenters. The van der Waals surface area contributed by atoms with Gasteiger partial charge in [-0.2, -0.15) is 0 Å². The van der Waals surface area contributed by atoms with E-state index in [1.807, 2.05) is 18.2 Å². The highest BCUT2D eigenvalue weighted by atomic mass is 79.9. The number of halogens is 2. The van der Waals surface area contributed by atoms with Crippen molar-refractivity contribution < 1.29 is 4.57 Å². The van der Waals surface area contributed by atoms with Gasteiger partial charge in [-0.25, -0.2) is 0 Å². The quantitative estimate of drug-likeness (QED) is 0.689. The van der Waals surface area contributed by atoms with Crippen LogP contribution in [0.4, 0.5) is 0 Å². The van der Waals surface area contributed by atoms with E-state index in [1.54, 1.807) is 6.07 Å². The average molecular weight is 239 g/mol. The summed E-state index contributed by atoms with van der Waals surface area (Å²) in [7, 11) is -2.07. The summed E-state index contributed by atoms with van der Waals surface area (Å²) < 4.78 is 11.6. The Labute approximate surface area is 73.1 Å². The first kappa shape index (κ1) is 8.32. The minimum Gasteiger partial charge on any atom is -0.305 e. The highest BCUT2D eigenvalue weighted by Gasteiger charge is 2.01. The molecule has 1 aromatic rings. The third kappa shape index (κ3) is 1.85. The van der Waals surface area contributed by atoms with Gasteiger partial charge in [0.15, 0.2) is 7.15 Å². The summed E-state index contributed by atoms with van der Waals surface area (Å²) in [5.41, 5.74) is 0. The molecule has 0 aliphatic rings. The minimum atomic E-state index is -2.07. The van der Waals surface area contributed by atoms with Crippen LogP contribution >= 0.6 is 34.3 Å². The number of hydrogen-bond donors (Lipinski definition) is 0. The molecule has 0 spiro atoms. The van der Waals surface area contributed by atoms with Gasteiger partial charge in [-0.15, -0.1) is 0 Å². The Kier molecular flexibility index (Phi) is 2.96. The summed E-state index contributed by atoms with van der Waals surface area (Å²) >= 11 is 8.66. The molecule has 0 bridgehead atoms. The van der Waals surface area contributed by atoms with E-state index in [-0.39, 0.29) is 0 Å². The lowest BCUT2D eigenvalue weighted by atomic mass is 10.4. The van der Waals surface area contributed by atoms with Crippen LogP contribution in [0.25, 0.3) is 0 Å². The second-order valence-corrected chi connectivity index (χ2v) is 4.72. The summed E-state index contributed by atoms with van der Waals surface area (Å²) in [5, 5.41) is 0.689. The maximum atomic E-state index is 10.8. The van der Waals surface area contributed by atoms with Crippen molar-refractivity contribution in [3.05, 3.63) is 28.7 Å². The van der Waals surface area contributed by atoms with Crippen molar-refractivity contribution in [2.75, 3.05) is 0 Å². The Morgan fingerprint density at radius 2 is 2.00 bits per heavy atom. The van der Waals surface area contributed by atoms with E-state index in [1.165, 1.54) is 0 Å². The Morgan fingerprint density at radius 1 is 1.40 bits per heavy atom. The van der Waals surface area contributed by atoms with Crippen LogP contribution in [0.3, 0.4) is 0 Å². The van der Waals surface area contributed by atoms with Gasteiger partial charge in [-0.3, -0.25) is 0 Å². The molecule has 0 fully saturated rings. The Hall–Kier alpha value is 0.220. The smallest absolute Gasteiger partial charge is 0.187 e. The zero-order chi connectivity index (χ0) is 7.56. The van der Waals surface area contributed by atoms with Crippen molar-refractivity contribution in [2.24, 2.45) is 0 Å². The van der Waals surface area contributed by atoms with Gasteiger partial charge in [0.25, 0.3) is 0 Å². The van der Waals surface area contributed by atoms with E-state index in [9.17, 15) is 4.57 Å². The van der Waals surface area contributed by atoms with Gasteiger partial charge >= 0.3 is 0 Å². The van der Waals surface area contributed by atoms with E-state index >= 15 is 0 Å². The van der Waals surface area contributed by atoms with Crippen LogP contribution in [-0.2, 0) is 4.57 Å². The Morgan fingerprint density at radius 3 is 2.40 bits per heavy atom. The van der Waals surface area contributed by atoms with Gasteiger partial charge in [-0.1, -0.05) is 23.4 Å². The lowest BCUT2D eigenvalue weighted by Gasteiger charge is -1.95. The van der Waals surface area contributed by atoms with Crippen LogP contribution in [0, 0.1) is 0 Å². The summed E-state index contributed by atoms with van der Waals surface area (Å²) in [6, 6.07) is 7.24. The van der Waals surface area contributed by atoms with Gasteiger partial charge < -0.3 is 4.57 Å². The molecule has 0 amide bonds. The van der Waals surface area contributed by atoms with Crippen LogP contribution in [0.5, 0.6) is 0 Å². The minimum absolute atomic E-state index is 0.689. The second-order valence-electron chi connectivity index (χ2n) is 1.75. The molecular weight excluding hydrogens is 234 g/mol. The SMILES string of the molecule is O=[PH](Cl)c1ccccc1Br. The van der Waals surface area contributed by atoms with Gasteiger partial charge in [0, 0.05) is 9.78 Å². The largest absolute Gasteiger partial charge is 0.305 e. The van der Waals surface area contributed by atoms with E-state index < -0.39 is 7.15 Å². The zero-order valence-electron chi connectivity index (χ0n) is 4.97. The van der Waals surface area contributed by atoms with Crippen LogP contribution in [0.2, 0.25) is 0 Å². The fourth-order valence-corrected chi connectivity index (χ4v) is 2.78. The second kappa shape index (κ2) is 3.56. The van der Waals surface area contributed by atoms with Gasteiger partial charge in [0.05, 0.1) is 0 Å². The molecule has 0 heterocycles. The van der Waals surface area contributed by atoms with E-state index in [4.69, 9.17) is 11.2 Å².